The number of rotatable bonds is 4. The Hall–Kier alpha value is -1.94. The highest BCUT2D eigenvalue weighted by atomic mass is 19.2. The summed E-state index contributed by atoms with van der Waals surface area (Å²) in [4.78, 5) is 0. The van der Waals surface area contributed by atoms with Crippen molar-refractivity contribution in [1.29, 1.82) is 0 Å². The van der Waals surface area contributed by atoms with E-state index in [1.807, 2.05) is 12.1 Å². The summed E-state index contributed by atoms with van der Waals surface area (Å²) >= 11 is 0. The fraction of sp³-hybridized carbons (Fsp3) is 0.250. The molecule has 2 N–H and O–H groups in total. The van der Waals surface area contributed by atoms with E-state index < -0.39 is 17.7 Å². The minimum absolute atomic E-state index is 0.147. The summed E-state index contributed by atoms with van der Waals surface area (Å²) in [5.74, 6) is -1.06. The van der Waals surface area contributed by atoms with E-state index in [1.165, 1.54) is 12.1 Å². The molecule has 2 nitrogen and oxygen atoms in total. The zero-order valence-electron chi connectivity index (χ0n) is 10.9. The summed E-state index contributed by atoms with van der Waals surface area (Å²) in [5.41, 5.74) is 6.89. The van der Waals surface area contributed by atoms with Crippen molar-refractivity contribution in [3.05, 3.63) is 65.2 Å². The minimum atomic E-state index is -0.895. The molecule has 1 atom stereocenters. The Morgan fingerprint density at radius 1 is 1.10 bits per heavy atom. The van der Waals surface area contributed by atoms with Crippen molar-refractivity contribution >= 4 is 0 Å². The monoisotopic (exact) mass is 275 g/mol. The van der Waals surface area contributed by atoms with Gasteiger partial charge in [-0.2, -0.15) is 0 Å². The van der Waals surface area contributed by atoms with Gasteiger partial charge in [0.25, 0.3) is 0 Å². The van der Waals surface area contributed by atoms with Gasteiger partial charge in [-0.05, 0) is 36.6 Å². The minimum Gasteiger partial charge on any atom is -0.490 e. The third-order valence-corrected chi connectivity index (χ3v) is 3.36. The van der Waals surface area contributed by atoms with Crippen molar-refractivity contribution in [3.8, 4) is 5.75 Å². The Labute approximate surface area is 116 Å². The maximum Gasteiger partial charge on any atom is 0.163 e. The van der Waals surface area contributed by atoms with Crippen molar-refractivity contribution in [2.75, 3.05) is 0 Å². The van der Waals surface area contributed by atoms with Gasteiger partial charge < -0.3 is 10.5 Å². The van der Waals surface area contributed by atoms with Gasteiger partial charge in [0.2, 0.25) is 0 Å². The van der Waals surface area contributed by atoms with Crippen LogP contribution in [0.5, 0.6) is 5.75 Å². The molecule has 0 bridgehead atoms. The molecule has 0 spiro atoms. The first-order valence-corrected chi connectivity index (χ1v) is 6.61. The molecule has 4 heteroatoms. The number of hydrogen-bond donors (Lipinski definition) is 1. The Morgan fingerprint density at radius 2 is 1.85 bits per heavy atom. The number of hydrogen-bond acceptors (Lipinski definition) is 2. The first-order chi connectivity index (χ1) is 9.65. The molecule has 0 radical (unpaired) electrons. The molecule has 3 rings (SSSR count). The van der Waals surface area contributed by atoms with Gasteiger partial charge in [0.05, 0.1) is 12.1 Å². The van der Waals surface area contributed by atoms with Gasteiger partial charge in [-0.1, -0.05) is 24.3 Å². The van der Waals surface area contributed by atoms with E-state index in [0.717, 1.165) is 24.7 Å². The van der Waals surface area contributed by atoms with Gasteiger partial charge in [-0.25, -0.2) is 8.78 Å². The van der Waals surface area contributed by atoms with Crippen LogP contribution in [0.1, 0.15) is 30.0 Å². The summed E-state index contributed by atoms with van der Waals surface area (Å²) in [6.07, 6.45) is 2.41. The average Bonchev–Trinajstić information content (AvgIpc) is 3.25. The maximum atomic E-state index is 13.8. The average molecular weight is 275 g/mol. The standard InChI is InChI=1S/C16H15F2NO/c17-14-6-2-5-13(15(14)18)16(19)10-3-1-4-12(9-10)20-11-7-8-11/h1-6,9,11,16H,7-8,19H2. The van der Waals surface area contributed by atoms with Crippen molar-refractivity contribution < 1.29 is 13.5 Å². The van der Waals surface area contributed by atoms with E-state index in [0.29, 0.717) is 5.56 Å². The van der Waals surface area contributed by atoms with Crippen LogP contribution in [0.4, 0.5) is 8.78 Å². The van der Waals surface area contributed by atoms with Crippen LogP contribution in [-0.4, -0.2) is 6.10 Å². The molecule has 1 aliphatic rings. The maximum absolute atomic E-state index is 13.8. The summed E-state index contributed by atoms with van der Waals surface area (Å²) in [6.45, 7) is 0. The van der Waals surface area contributed by atoms with E-state index in [4.69, 9.17) is 10.5 Å². The molecule has 0 heterocycles. The first kappa shape index (κ1) is 13.1. The zero-order valence-corrected chi connectivity index (χ0v) is 10.9. The lowest BCUT2D eigenvalue weighted by Gasteiger charge is -2.15. The van der Waals surface area contributed by atoms with Gasteiger partial charge in [0.15, 0.2) is 11.6 Å². The first-order valence-electron chi connectivity index (χ1n) is 6.61. The molecule has 0 aliphatic heterocycles. The van der Waals surface area contributed by atoms with Crippen LogP contribution in [0.15, 0.2) is 42.5 Å². The van der Waals surface area contributed by atoms with E-state index in [2.05, 4.69) is 0 Å². The van der Waals surface area contributed by atoms with Crippen LogP contribution < -0.4 is 10.5 Å². The third kappa shape index (κ3) is 2.65. The molecule has 1 fully saturated rings. The number of ether oxygens (including phenoxy) is 1. The molecule has 104 valence electrons. The van der Waals surface area contributed by atoms with Gasteiger partial charge in [0, 0.05) is 5.56 Å². The largest absolute Gasteiger partial charge is 0.490 e. The third-order valence-electron chi connectivity index (χ3n) is 3.36. The molecule has 1 saturated carbocycles. The summed E-state index contributed by atoms with van der Waals surface area (Å²) in [6, 6.07) is 10.5. The van der Waals surface area contributed by atoms with Crippen LogP contribution >= 0.6 is 0 Å². The van der Waals surface area contributed by atoms with Crippen molar-refractivity contribution in [3.63, 3.8) is 0 Å². The number of benzene rings is 2. The molecule has 1 aliphatic carbocycles. The van der Waals surface area contributed by atoms with Crippen LogP contribution in [0, 0.1) is 11.6 Å². The Balaban J connectivity index is 1.89. The molecular formula is C16H15F2NO. The molecule has 0 aromatic heterocycles. The smallest absolute Gasteiger partial charge is 0.163 e. The highest BCUT2D eigenvalue weighted by molar-refractivity contribution is 5.37. The van der Waals surface area contributed by atoms with Crippen LogP contribution in [-0.2, 0) is 0 Å². The number of nitrogens with two attached hydrogens (primary N) is 1. The Kier molecular flexibility index (Phi) is 3.40. The quantitative estimate of drug-likeness (QED) is 0.926. The second-order valence-electron chi connectivity index (χ2n) is 5.01. The fourth-order valence-corrected chi connectivity index (χ4v) is 2.10. The van der Waals surface area contributed by atoms with Gasteiger partial charge in [-0.15, -0.1) is 0 Å². The highest BCUT2D eigenvalue weighted by Gasteiger charge is 2.24. The molecule has 1 unspecified atom stereocenters. The van der Waals surface area contributed by atoms with Crippen molar-refractivity contribution in [1.82, 2.24) is 0 Å². The molecule has 0 amide bonds. The molecule has 2 aromatic carbocycles. The van der Waals surface area contributed by atoms with E-state index in [9.17, 15) is 8.78 Å². The summed E-state index contributed by atoms with van der Waals surface area (Å²) in [7, 11) is 0. The van der Waals surface area contributed by atoms with Gasteiger partial charge >= 0.3 is 0 Å². The SMILES string of the molecule is NC(c1cccc(OC2CC2)c1)c1cccc(F)c1F. The second-order valence-corrected chi connectivity index (χ2v) is 5.01. The Bertz CT molecular complexity index is 626. The lowest BCUT2D eigenvalue weighted by atomic mass is 9.99. The van der Waals surface area contributed by atoms with Crippen LogP contribution in [0.3, 0.4) is 0 Å². The number of halogens is 2. The molecule has 0 saturated heterocycles. The van der Waals surface area contributed by atoms with Gasteiger partial charge in [-0.3, -0.25) is 0 Å². The fourth-order valence-electron chi connectivity index (χ4n) is 2.10. The van der Waals surface area contributed by atoms with Crippen molar-refractivity contribution in [2.24, 2.45) is 5.73 Å². The van der Waals surface area contributed by atoms with Crippen molar-refractivity contribution in [2.45, 2.75) is 25.0 Å². The zero-order chi connectivity index (χ0) is 14.1. The summed E-state index contributed by atoms with van der Waals surface area (Å²) < 4.78 is 32.7. The Morgan fingerprint density at radius 3 is 2.60 bits per heavy atom. The lowest BCUT2D eigenvalue weighted by molar-refractivity contribution is 0.303. The lowest BCUT2D eigenvalue weighted by Crippen LogP contribution is -2.14. The topological polar surface area (TPSA) is 35.2 Å². The van der Waals surface area contributed by atoms with Crippen LogP contribution in [0.2, 0.25) is 0 Å². The van der Waals surface area contributed by atoms with Gasteiger partial charge in [0.1, 0.15) is 5.75 Å². The normalized spacial score (nSPS) is 15.9. The molecular weight excluding hydrogens is 260 g/mol. The highest BCUT2D eigenvalue weighted by Crippen LogP contribution is 2.30. The predicted octanol–water partition coefficient (Wildman–Crippen LogP) is 3.55. The second kappa shape index (κ2) is 5.21. The van der Waals surface area contributed by atoms with Crippen LogP contribution in [0.25, 0.3) is 0 Å². The predicted molar refractivity (Wildman–Crippen MR) is 72.5 cm³/mol. The molecule has 20 heavy (non-hydrogen) atoms. The summed E-state index contributed by atoms with van der Waals surface area (Å²) in [5, 5.41) is 0. The van der Waals surface area contributed by atoms with E-state index >= 15 is 0 Å². The van der Waals surface area contributed by atoms with E-state index in [-0.39, 0.29) is 11.7 Å². The molecule has 2 aromatic rings. The van der Waals surface area contributed by atoms with E-state index in [1.54, 1.807) is 12.1 Å².